The summed E-state index contributed by atoms with van der Waals surface area (Å²) < 4.78 is 30.7. The third-order valence-corrected chi connectivity index (χ3v) is 7.13. The van der Waals surface area contributed by atoms with Crippen molar-refractivity contribution >= 4 is 21.4 Å². The first-order chi connectivity index (χ1) is 16.3. The summed E-state index contributed by atoms with van der Waals surface area (Å²) in [5.41, 5.74) is 5.54. The third kappa shape index (κ3) is 4.01. The molecule has 3 heterocycles. The van der Waals surface area contributed by atoms with Crippen LogP contribution >= 0.6 is 0 Å². The number of anilines is 1. The van der Waals surface area contributed by atoms with Gasteiger partial charge in [0, 0.05) is 17.4 Å². The van der Waals surface area contributed by atoms with Crippen LogP contribution in [-0.4, -0.2) is 33.2 Å². The number of aromatic nitrogens is 5. The standard InChI is InChI=1S/C25H22N6O2S/c1-16-13-17(2)24(18(3)14-16)34(32,33)30-20-8-6-7-19(15-20)21-10-11-23-27-28-25(31(23)29-21)22-9-4-5-12-26-22/h4-15,30H,1-3H3. The fraction of sp³-hybridized carbons (Fsp3) is 0.120. The first-order valence-electron chi connectivity index (χ1n) is 10.7. The molecule has 0 bridgehead atoms. The SMILES string of the molecule is Cc1cc(C)c(S(=O)(=O)Nc2cccc(-c3ccc4nnc(-c5ccccn5)n4n3)c2)c(C)c1. The van der Waals surface area contributed by atoms with Crippen LogP contribution in [0.3, 0.4) is 0 Å². The van der Waals surface area contributed by atoms with Crippen molar-refractivity contribution in [3.8, 4) is 22.8 Å². The zero-order valence-corrected chi connectivity index (χ0v) is 19.7. The molecule has 0 fully saturated rings. The lowest BCUT2D eigenvalue weighted by Crippen LogP contribution is -2.16. The van der Waals surface area contributed by atoms with Gasteiger partial charge in [0.1, 0.15) is 5.69 Å². The van der Waals surface area contributed by atoms with Crippen LogP contribution in [0.25, 0.3) is 28.4 Å². The van der Waals surface area contributed by atoms with E-state index in [1.54, 1.807) is 28.9 Å². The van der Waals surface area contributed by atoms with Crippen LogP contribution < -0.4 is 4.72 Å². The fourth-order valence-electron chi connectivity index (χ4n) is 4.14. The highest BCUT2D eigenvalue weighted by Crippen LogP contribution is 2.27. The zero-order chi connectivity index (χ0) is 23.9. The van der Waals surface area contributed by atoms with Crippen molar-refractivity contribution in [3.63, 3.8) is 0 Å². The van der Waals surface area contributed by atoms with Crippen LogP contribution in [0, 0.1) is 20.8 Å². The summed E-state index contributed by atoms with van der Waals surface area (Å²) in [6.07, 6.45) is 1.69. The van der Waals surface area contributed by atoms with Gasteiger partial charge in [0.15, 0.2) is 5.65 Å². The molecule has 0 aliphatic heterocycles. The van der Waals surface area contributed by atoms with Crippen LogP contribution in [-0.2, 0) is 10.0 Å². The molecule has 0 aliphatic carbocycles. The molecule has 170 valence electrons. The molecule has 9 heteroatoms. The Labute approximate surface area is 197 Å². The number of sulfonamides is 1. The maximum absolute atomic E-state index is 13.2. The van der Waals surface area contributed by atoms with Crippen LogP contribution in [0.4, 0.5) is 5.69 Å². The van der Waals surface area contributed by atoms with Gasteiger partial charge in [-0.25, -0.2) is 8.42 Å². The molecule has 5 rings (SSSR count). The Morgan fingerprint density at radius 2 is 1.62 bits per heavy atom. The number of aryl methyl sites for hydroxylation is 3. The van der Waals surface area contributed by atoms with Gasteiger partial charge in [-0.05, 0) is 68.3 Å². The maximum atomic E-state index is 13.2. The number of nitrogens with one attached hydrogen (secondary N) is 1. The molecule has 0 aliphatic rings. The van der Waals surface area contributed by atoms with Crippen molar-refractivity contribution in [2.24, 2.45) is 0 Å². The Balaban J connectivity index is 1.51. The first kappa shape index (κ1) is 21.7. The Kier molecular flexibility index (Phi) is 5.33. The maximum Gasteiger partial charge on any atom is 0.262 e. The molecule has 0 spiro atoms. The highest BCUT2D eigenvalue weighted by molar-refractivity contribution is 7.92. The van der Waals surface area contributed by atoms with E-state index in [1.807, 2.05) is 69.3 Å². The van der Waals surface area contributed by atoms with E-state index < -0.39 is 10.0 Å². The molecule has 2 aromatic carbocycles. The second kappa shape index (κ2) is 8.35. The van der Waals surface area contributed by atoms with Gasteiger partial charge in [-0.2, -0.15) is 9.61 Å². The quantitative estimate of drug-likeness (QED) is 0.403. The largest absolute Gasteiger partial charge is 0.280 e. The fourth-order valence-corrected chi connectivity index (χ4v) is 5.64. The molecular weight excluding hydrogens is 448 g/mol. The van der Waals surface area contributed by atoms with E-state index in [9.17, 15) is 8.42 Å². The lowest BCUT2D eigenvalue weighted by molar-refractivity contribution is 0.600. The topological polar surface area (TPSA) is 102 Å². The minimum absolute atomic E-state index is 0.299. The van der Waals surface area contributed by atoms with Gasteiger partial charge < -0.3 is 0 Å². The number of nitrogens with zero attached hydrogens (tertiary/aromatic N) is 5. The third-order valence-electron chi connectivity index (χ3n) is 5.44. The zero-order valence-electron chi connectivity index (χ0n) is 18.9. The van der Waals surface area contributed by atoms with Crippen LogP contribution in [0.1, 0.15) is 16.7 Å². The second-order valence-electron chi connectivity index (χ2n) is 8.14. The van der Waals surface area contributed by atoms with E-state index in [2.05, 4.69) is 25.0 Å². The number of fused-ring (bicyclic) bond motifs is 1. The van der Waals surface area contributed by atoms with Crippen molar-refractivity contribution in [2.45, 2.75) is 25.7 Å². The number of pyridine rings is 1. The highest BCUT2D eigenvalue weighted by Gasteiger charge is 2.20. The summed E-state index contributed by atoms with van der Waals surface area (Å²) in [5, 5.41) is 13.1. The number of hydrogen-bond donors (Lipinski definition) is 1. The minimum Gasteiger partial charge on any atom is -0.280 e. The molecule has 34 heavy (non-hydrogen) atoms. The smallest absolute Gasteiger partial charge is 0.262 e. The summed E-state index contributed by atoms with van der Waals surface area (Å²) in [6, 6.07) is 20.1. The van der Waals surface area contributed by atoms with Crippen LogP contribution in [0.5, 0.6) is 0 Å². The van der Waals surface area contributed by atoms with Gasteiger partial charge in [-0.1, -0.05) is 35.9 Å². The van der Waals surface area contributed by atoms with Crippen molar-refractivity contribution < 1.29 is 8.42 Å². The van der Waals surface area contributed by atoms with E-state index >= 15 is 0 Å². The number of rotatable bonds is 5. The van der Waals surface area contributed by atoms with Gasteiger partial charge >= 0.3 is 0 Å². The lowest BCUT2D eigenvalue weighted by atomic mass is 10.1. The van der Waals surface area contributed by atoms with E-state index in [1.165, 1.54) is 0 Å². The highest BCUT2D eigenvalue weighted by atomic mass is 32.2. The molecule has 0 atom stereocenters. The van der Waals surface area contributed by atoms with E-state index in [4.69, 9.17) is 0 Å². The molecule has 8 nitrogen and oxygen atoms in total. The van der Waals surface area contributed by atoms with Crippen LogP contribution in [0.15, 0.2) is 77.8 Å². The summed E-state index contributed by atoms with van der Waals surface area (Å²) in [7, 11) is -3.76. The lowest BCUT2D eigenvalue weighted by Gasteiger charge is -2.14. The molecule has 0 radical (unpaired) electrons. The van der Waals surface area contributed by atoms with Gasteiger partial charge in [0.25, 0.3) is 10.0 Å². The Hall–Kier alpha value is -4.11. The van der Waals surface area contributed by atoms with Crippen LogP contribution in [0.2, 0.25) is 0 Å². The monoisotopic (exact) mass is 470 g/mol. The van der Waals surface area contributed by atoms with Crippen molar-refractivity contribution in [3.05, 3.63) is 89.6 Å². The summed E-state index contributed by atoms with van der Waals surface area (Å²) in [6.45, 7) is 5.57. The van der Waals surface area contributed by atoms with Gasteiger partial charge in [-0.15, -0.1) is 10.2 Å². The molecule has 0 saturated carbocycles. The van der Waals surface area contributed by atoms with Gasteiger partial charge in [-0.3, -0.25) is 9.71 Å². The van der Waals surface area contributed by atoms with E-state index in [-0.39, 0.29) is 0 Å². The molecule has 5 aromatic rings. The summed E-state index contributed by atoms with van der Waals surface area (Å²) >= 11 is 0. The average molecular weight is 471 g/mol. The van der Waals surface area contributed by atoms with Crippen molar-refractivity contribution in [1.82, 2.24) is 24.8 Å². The Morgan fingerprint density at radius 1 is 0.824 bits per heavy atom. The predicted octanol–water partition coefficient (Wildman–Crippen LogP) is 4.58. The summed E-state index contributed by atoms with van der Waals surface area (Å²) in [5.74, 6) is 0.527. The number of benzene rings is 2. The summed E-state index contributed by atoms with van der Waals surface area (Å²) in [4.78, 5) is 4.64. The van der Waals surface area contributed by atoms with Crippen molar-refractivity contribution in [1.29, 1.82) is 0 Å². The molecule has 0 amide bonds. The Bertz CT molecular complexity index is 1610. The van der Waals surface area contributed by atoms with E-state index in [0.29, 0.717) is 44.6 Å². The Morgan fingerprint density at radius 3 is 2.35 bits per heavy atom. The minimum atomic E-state index is -3.76. The van der Waals surface area contributed by atoms with Gasteiger partial charge in [0.2, 0.25) is 5.82 Å². The molecule has 1 N–H and O–H groups in total. The average Bonchev–Trinajstić information content (AvgIpc) is 3.22. The molecule has 0 unspecified atom stereocenters. The molecule has 0 saturated heterocycles. The molecular formula is C25H22N6O2S. The number of hydrogen-bond acceptors (Lipinski definition) is 6. The van der Waals surface area contributed by atoms with E-state index in [0.717, 1.165) is 11.1 Å². The normalized spacial score (nSPS) is 11.6. The van der Waals surface area contributed by atoms with Gasteiger partial charge in [0.05, 0.1) is 10.6 Å². The predicted molar refractivity (Wildman–Crippen MR) is 131 cm³/mol. The molecule has 3 aromatic heterocycles. The second-order valence-corrected chi connectivity index (χ2v) is 9.76. The first-order valence-corrected chi connectivity index (χ1v) is 12.2. The van der Waals surface area contributed by atoms with Crippen molar-refractivity contribution in [2.75, 3.05) is 4.72 Å².